The maximum atomic E-state index is 12.1. The van der Waals surface area contributed by atoms with Crippen LogP contribution in [0.25, 0.3) is 0 Å². The molecule has 4 nitrogen and oxygen atoms in total. The lowest BCUT2D eigenvalue weighted by Gasteiger charge is -2.15. The van der Waals surface area contributed by atoms with Gasteiger partial charge in [-0.3, -0.25) is 4.79 Å². The highest BCUT2D eigenvalue weighted by Gasteiger charge is 2.19. The predicted octanol–water partition coefficient (Wildman–Crippen LogP) is 3.83. The number of alkyl carbamates (subject to hydrolysis) is 1. The van der Waals surface area contributed by atoms with Gasteiger partial charge in [-0.25, -0.2) is 4.79 Å². The summed E-state index contributed by atoms with van der Waals surface area (Å²) in [5.41, 5.74) is 0.994. The number of nitrogens with one attached hydrogen (secondary N) is 1. The molecule has 0 saturated carbocycles. The summed E-state index contributed by atoms with van der Waals surface area (Å²) in [6.07, 6.45) is 1.40. The first kappa shape index (κ1) is 18.6. The Kier molecular flexibility index (Phi) is 8.70. The molecule has 120 valence electrons. The molecule has 0 aliphatic heterocycles. The fourth-order valence-corrected chi connectivity index (χ4v) is 2.96. The van der Waals surface area contributed by atoms with Gasteiger partial charge in [-0.2, -0.15) is 0 Å². The molecule has 1 amide bonds. The van der Waals surface area contributed by atoms with E-state index in [1.807, 2.05) is 31.2 Å². The summed E-state index contributed by atoms with van der Waals surface area (Å²) in [5, 5.41) is 3.26. The second-order valence-electron chi connectivity index (χ2n) is 4.54. The summed E-state index contributed by atoms with van der Waals surface area (Å²) in [4.78, 5) is 23.6. The highest BCUT2D eigenvalue weighted by Crippen LogP contribution is 2.21. The van der Waals surface area contributed by atoms with E-state index in [9.17, 15) is 9.59 Å². The third-order valence-corrected chi connectivity index (χ3v) is 4.25. The van der Waals surface area contributed by atoms with E-state index < -0.39 is 12.1 Å². The van der Waals surface area contributed by atoms with Crippen LogP contribution in [-0.2, 0) is 15.3 Å². The molecular weight excluding hydrogens is 322 g/mol. The molecule has 22 heavy (non-hydrogen) atoms. The van der Waals surface area contributed by atoms with Crippen molar-refractivity contribution < 1.29 is 14.3 Å². The molecule has 1 aromatic carbocycles. The Bertz CT molecular complexity index is 522. The molecule has 0 aliphatic rings. The maximum absolute atomic E-state index is 12.1. The maximum Gasteiger partial charge on any atom is 0.408 e. The third kappa shape index (κ3) is 6.54. The van der Waals surface area contributed by atoms with Crippen LogP contribution in [0.2, 0.25) is 5.02 Å². The fraction of sp³-hybridized carbons (Fsp3) is 0.375. The molecule has 6 heteroatoms. The van der Waals surface area contributed by atoms with E-state index in [0.717, 1.165) is 5.56 Å². The highest BCUT2D eigenvalue weighted by atomic mass is 35.5. The van der Waals surface area contributed by atoms with Crippen LogP contribution in [0.1, 0.15) is 18.9 Å². The van der Waals surface area contributed by atoms with E-state index in [-0.39, 0.29) is 12.4 Å². The standard InChI is InChI=1S/C16H20ClNO3S/c1-3-9-21-16(20)18-14(4-2)15(19)11-22-10-12-7-5-6-8-13(12)17/h3,5-8,14H,1,4,9-11H2,2H3,(H,18,20). The van der Waals surface area contributed by atoms with E-state index >= 15 is 0 Å². The number of Topliss-reactive ketones (excluding diaryl/α,β-unsaturated/α-hetero) is 1. The largest absolute Gasteiger partial charge is 0.445 e. The molecule has 1 rings (SSSR count). The van der Waals surface area contributed by atoms with Gasteiger partial charge in [0.1, 0.15) is 6.61 Å². The SMILES string of the molecule is C=CCOC(=O)NC(CC)C(=O)CSCc1ccccc1Cl. The van der Waals surface area contributed by atoms with Gasteiger partial charge >= 0.3 is 6.09 Å². The minimum atomic E-state index is -0.601. The number of ether oxygens (including phenoxy) is 1. The number of carbonyl (C=O) groups excluding carboxylic acids is 2. The Morgan fingerprint density at radius 1 is 1.45 bits per heavy atom. The number of benzene rings is 1. The quantitative estimate of drug-likeness (QED) is 0.693. The topological polar surface area (TPSA) is 55.4 Å². The smallest absolute Gasteiger partial charge is 0.408 e. The molecule has 1 aromatic rings. The number of ketones is 1. The van der Waals surface area contributed by atoms with Crippen molar-refractivity contribution >= 4 is 35.2 Å². The average molecular weight is 342 g/mol. The van der Waals surface area contributed by atoms with Crippen LogP contribution in [0, 0.1) is 0 Å². The van der Waals surface area contributed by atoms with E-state index in [1.165, 1.54) is 17.8 Å². The van der Waals surface area contributed by atoms with E-state index in [2.05, 4.69) is 11.9 Å². The second-order valence-corrected chi connectivity index (χ2v) is 5.94. The molecule has 0 saturated heterocycles. The summed E-state index contributed by atoms with van der Waals surface area (Å²) in [6, 6.07) is 7.01. The van der Waals surface area contributed by atoms with E-state index in [4.69, 9.17) is 16.3 Å². The first-order valence-corrected chi connectivity index (χ1v) is 8.49. The predicted molar refractivity (Wildman–Crippen MR) is 91.4 cm³/mol. The molecule has 0 radical (unpaired) electrons. The van der Waals surface area contributed by atoms with Gasteiger partial charge in [0.25, 0.3) is 0 Å². The lowest BCUT2D eigenvalue weighted by Crippen LogP contribution is -2.41. The molecule has 1 unspecified atom stereocenters. The molecule has 0 heterocycles. The molecule has 0 aromatic heterocycles. The van der Waals surface area contributed by atoms with Crippen molar-refractivity contribution in [3.05, 3.63) is 47.5 Å². The van der Waals surface area contributed by atoms with Crippen molar-refractivity contribution in [2.24, 2.45) is 0 Å². The van der Waals surface area contributed by atoms with Crippen LogP contribution < -0.4 is 5.32 Å². The monoisotopic (exact) mass is 341 g/mol. The number of hydrogen-bond acceptors (Lipinski definition) is 4. The minimum Gasteiger partial charge on any atom is -0.445 e. The van der Waals surface area contributed by atoms with Gasteiger partial charge in [0.2, 0.25) is 0 Å². The molecule has 0 spiro atoms. The number of hydrogen-bond donors (Lipinski definition) is 1. The Balaban J connectivity index is 2.40. The highest BCUT2D eigenvalue weighted by molar-refractivity contribution is 7.99. The van der Waals surface area contributed by atoms with Crippen molar-refractivity contribution in [3.8, 4) is 0 Å². The zero-order chi connectivity index (χ0) is 16.4. The van der Waals surface area contributed by atoms with Crippen molar-refractivity contribution in [2.45, 2.75) is 25.1 Å². The summed E-state index contributed by atoms with van der Waals surface area (Å²) in [7, 11) is 0. The van der Waals surface area contributed by atoms with Crippen molar-refractivity contribution in [1.82, 2.24) is 5.32 Å². The van der Waals surface area contributed by atoms with Crippen LogP contribution in [0.3, 0.4) is 0 Å². The lowest BCUT2D eigenvalue weighted by atomic mass is 10.1. The van der Waals surface area contributed by atoms with Crippen molar-refractivity contribution in [3.63, 3.8) is 0 Å². The first-order valence-electron chi connectivity index (χ1n) is 6.96. The van der Waals surface area contributed by atoms with Gasteiger partial charge in [-0.15, -0.1) is 11.8 Å². The Labute approximate surface area is 140 Å². The summed E-state index contributed by atoms with van der Waals surface area (Å²) in [6.45, 7) is 5.42. The second kappa shape index (κ2) is 10.3. The van der Waals surface area contributed by atoms with Crippen LogP contribution in [0.4, 0.5) is 4.79 Å². The van der Waals surface area contributed by atoms with E-state index in [0.29, 0.717) is 22.9 Å². The van der Waals surface area contributed by atoms with Gasteiger partial charge in [0.15, 0.2) is 5.78 Å². The van der Waals surface area contributed by atoms with Gasteiger partial charge < -0.3 is 10.1 Å². The van der Waals surface area contributed by atoms with Crippen LogP contribution in [0.5, 0.6) is 0 Å². The van der Waals surface area contributed by atoms with Crippen LogP contribution in [-0.4, -0.2) is 30.3 Å². The Hall–Kier alpha value is -1.46. The fourth-order valence-electron chi connectivity index (χ4n) is 1.71. The summed E-state index contributed by atoms with van der Waals surface area (Å²) in [5.74, 6) is 0.934. The van der Waals surface area contributed by atoms with Gasteiger partial charge in [0.05, 0.1) is 11.8 Å². The third-order valence-electron chi connectivity index (χ3n) is 2.88. The van der Waals surface area contributed by atoms with Gasteiger partial charge in [-0.05, 0) is 18.1 Å². The molecular formula is C16H20ClNO3S. The van der Waals surface area contributed by atoms with Crippen LogP contribution in [0.15, 0.2) is 36.9 Å². The molecule has 0 fully saturated rings. The number of halogens is 1. The number of carbonyl (C=O) groups is 2. The minimum absolute atomic E-state index is 0.0323. The normalized spacial score (nSPS) is 11.5. The summed E-state index contributed by atoms with van der Waals surface area (Å²) < 4.78 is 4.82. The van der Waals surface area contributed by atoms with Gasteiger partial charge in [0, 0.05) is 10.8 Å². The van der Waals surface area contributed by atoms with Crippen molar-refractivity contribution in [2.75, 3.05) is 12.4 Å². The zero-order valence-corrected chi connectivity index (χ0v) is 14.1. The molecule has 0 bridgehead atoms. The molecule has 0 aliphatic carbocycles. The number of thioether (sulfide) groups is 1. The van der Waals surface area contributed by atoms with E-state index in [1.54, 1.807) is 0 Å². The van der Waals surface area contributed by atoms with Gasteiger partial charge in [-0.1, -0.05) is 49.4 Å². The first-order chi connectivity index (χ1) is 10.6. The Morgan fingerprint density at radius 2 is 2.18 bits per heavy atom. The summed E-state index contributed by atoms with van der Waals surface area (Å²) >= 11 is 7.54. The average Bonchev–Trinajstić information content (AvgIpc) is 2.52. The Morgan fingerprint density at radius 3 is 2.82 bits per heavy atom. The number of rotatable bonds is 9. The number of amides is 1. The molecule has 1 atom stereocenters. The van der Waals surface area contributed by atoms with Crippen LogP contribution >= 0.6 is 23.4 Å². The lowest BCUT2D eigenvalue weighted by molar-refractivity contribution is -0.118. The van der Waals surface area contributed by atoms with Crippen molar-refractivity contribution in [1.29, 1.82) is 0 Å². The molecule has 1 N–H and O–H groups in total. The zero-order valence-electron chi connectivity index (χ0n) is 12.5.